The molecule has 0 spiro atoms. The molecule has 36 heavy (non-hydrogen) atoms. The Kier molecular flexibility index (Phi) is 7.97. The molecule has 8 heteroatoms. The highest BCUT2D eigenvalue weighted by Crippen LogP contribution is 2.24. The number of hydrogen-bond acceptors (Lipinski definition) is 5. The number of rotatable bonds is 10. The molecular formula is C28H27N3O5. The van der Waals surface area contributed by atoms with Crippen LogP contribution in [0, 0.1) is 6.92 Å². The molecule has 0 radical (unpaired) electrons. The lowest BCUT2D eigenvalue weighted by Gasteiger charge is -2.31. The van der Waals surface area contributed by atoms with E-state index in [2.05, 4.69) is 10.6 Å². The number of amides is 3. The molecule has 2 heterocycles. The number of aryl methyl sites for hydroxylation is 1. The maximum absolute atomic E-state index is 13.5. The van der Waals surface area contributed by atoms with E-state index in [0.29, 0.717) is 11.3 Å². The number of furan rings is 2. The third-order valence-corrected chi connectivity index (χ3v) is 5.63. The first-order valence-corrected chi connectivity index (χ1v) is 11.5. The van der Waals surface area contributed by atoms with Crippen LogP contribution in [-0.2, 0) is 22.7 Å². The van der Waals surface area contributed by atoms with E-state index in [1.807, 2.05) is 49.4 Å². The van der Waals surface area contributed by atoms with E-state index in [1.54, 1.807) is 30.3 Å². The van der Waals surface area contributed by atoms with Crippen molar-refractivity contribution in [1.82, 2.24) is 15.5 Å². The number of carbonyl (C=O) groups is 3. The van der Waals surface area contributed by atoms with Gasteiger partial charge in [-0.2, -0.15) is 0 Å². The molecular weight excluding hydrogens is 458 g/mol. The third-order valence-electron chi connectivity index (χ3n) is 5.63. The highest BCUT2D eigenvalue weighted by atomic mass is 16.3. The zero-order chi connectivity index (χ0) is 25.3. The number of benzene rings is 2. The van der Waals surface area contributed by atoms with Gasteiger partial charge in [-0.05, 0) is 42.3 Å². The molecule has 0 unspecified atom stereocenters. The van der Waals surface area contributed by atoms with E-state index in [1.165, 1.54) is 23.5 Å². The van der Waals surface area contributed by atoms with Crippen molar-refractivity contribution in [3.8, 4) is 0 Å². The van der Waals surface area contributed by atoms with E-state index in [-0.39, 0.29) is 31.3 Å². The molecule has 3 amide bonds. The first-order chi connectivity index (χ1) is 17.5. The molecule has 0 saturated carbocycles. The Labute approximate surface area is 208 Å². The molecule has 4 aromatic rings. The Morgan fingerprint density at radius 2 is 1.56 bits per heavy atom. The molecule has 2 N–H and O–H groups in total. The van der Waals surface area contributed by atoms with Crippen LogP contribution in [0.2, 0.25) is 0 Å². The Balaban J connectivity index is 1.61. The second kappa shape index (κ2) is 11.7. The summed E-state index contributed by atoms with van der Waals surface area (Å²) in [5, 5.41) is 5.46. The summed E-state index contributed by atoms with van der Waals surface area (Å²) in [5.74, 6) is -0.601. The normalized spacial score (nSPS) is 11.5. The monoisotopic (exact) mass is 485 g/mol. The number of nitrogens with one attached hydrogen (secondary N) is 2. The minimum atomic E-state index is -0.935. The highest BCUT2D eigenvalue weighted by molar-refractivity contribution is 5.95. The third kappa shape index (κ3) is 6.29. The van der Waals surface area contributed by atoms with Gasteiger partial charge in [0, 0.05) is 6.54 Å². The number of hydrogen-bond donors (Lipinski definition) is 2. The molecule has 2 aromatic heterocycles. The van der Waals surface area contributed by atoms with Gasteiger partial charge < -0.3 is 24.4 Å². The quantitative estimate of drug-likeness (QED) is 0.353. The average Bonchev–Trinajstić information content (AvgIpc) is 3.62. The molecule has 0 aliphatic heterocycles. The molecule has 0 bridgehead atoms. The van der Waals surface area contributed by atoms with Crippen molar-refractivity contribution in [3.63, 3.8) is 0 Å². The maximum atomic E-state index is 13.5. The summed E-state index contributed by atoms with van der Waals surface area (Å²) in [5.41, 5.74) is 2.58. The van der Waals surface area contributed by atoms with Gasteiger partial charge in [-0.15, -0.1) is 0 Å². The van der Waals surface area contributed by atoms with Gasteiger partial charge in [0.1, 0.15) is 11.8 Å². The second-order valence-corrected chi connectivity index (χ2v) is 8.28. The summed E-state index contributed by atoms with van der Waals surface area (Å²) in [6.45, 7) is 2.02. The Morgan fingerprint density at radius 1 is 0.833 bits per heavy atom. The van der Waals surface area contributed by atoms with Gasteiger partial charge in [0.15, 0.2) is 5.76 Å². The minimum Gasteiger partial charge on any atom is -0.467 e. The maximum Gasteiger partial charge on any atom is 0.287 e. The van der Waals surface area contributed by atoms with Crippen molar-refractivity contribution in [2.75, 3.05) is 6.54 Å². The van der Waals surface area contributed by atoms with Gasteiger partial charge in [-0.3, -0.25) is 14.4 Å². The SMILES string of the molecule is Cc1ccc(CN(C(=O)CNC(=O)c2ccco2)[C@@H](C(=O)NCc2ccco2)c2ccccc2)cc1. The van der Waals surface area contributed by atoms with Crippen LogP contribution in [0.3, 0.4) is 0 Å². The zero-order valence-corrected chi connectivity index (χ0v) is 19.8. The number of carbonyl (C=O) groups excluding carboxylic acids is 3. The van der Waals surface area contributed by atoms with E-state index >= 15 is 0 Å². The van der Waals surface area contributed by atoms with Gasteiger partial charge >= 0.3 is 0 Å². The molecule has 0 aliphatic carbocycles. The first kappa shape index (κ1) is 24.5. The smallest absolute Gasteiger partial charge is 0.287 e. The van der Waals surface area contributed by atoms with E-state index in [9.17, 15) is 14.4 Å². The van der Waals surface area contributed by atoms with E-state index in [0.717, 1.165) is 11.1 Å². The fourth-order valence-corrected chi connectivity index (χ4v) is 3.76. The predicted octanol–water partition coefficient (Wildman–Crippen LogP) is 4.00. The van der Waals surface area contributed by atoms with Crippen LogP contribution in [-0.4, -0.2) is 29.2 Å². The van der Waals surface area contributed by atoms with Crippen molar-refractivity contribution in [3.05, 3.63) is 120 Å². The summed E-state index contributed by atoms with van der Waals surface area (Å²) in [4.78, 5) is 40.9. The van der Waals surface area contributed by atoms with Gasteiger partial charge in [-0.25, -0.2) is 0 Å². The second-order valence-electron chi connectivity index (χ2n) is 8.28. The molecule has 2 aromatic carbocycles. The lowest BCUT2D eigenvalue weighted by Crippen LogP contribution is -2.46. The topological polar surface area (TPSA) is 105 Å². The summed E-state index contributed by atoms with van der Waals surface area (Å²) in [6.07, 6.45) is 2.92. The number of nitrogens with zero attached hydrogens (tertiary/aromatic N) is 1. The summed E-state index contributed by atoms with van der Waals surface area (Å²) in [6, 6.07) is 22.5. The van der Waals surface area contributed by atoms with Crippen LogP contribution >= 0.6 is 0 Å². The molecule has 184 valence electrons. The lowest BCUT2D eigenvalue weighted by atomic mass is 10.0. The molecule has 0 aliphatic rings. The zero-order valence-electron chi connectivity index (χ0n) is 19.8. The fraction of sp³-hybridized carbons (Fsp3) is 0.179. The van der Waals surface area contributed by atoms with E-state index < -0.39 is 17.9 Å². The fourth-order valence-electron chi connectivity index (χ4n) is 3.76. The Bertz CT molecular complexity index is 1270. The summed E-state index contributed by atoms with van der Waals surface area (Å²) < 4.78 is 10.4. The molecule has 4 rings (SSSR count). The van der Waals surface area contributed by atoms with Gasteiger partial charge in [-0.1, -0.05) is 60.2 Å². The van der Waals surface area contributed by atoms with Crippen LogP contribution in [0.25, 0.3) is 0 Å². The molecule has 0 saturated heterocycles. The van der Waals surface area contributed by atoms with Gasteiger partial charge in [0.05, 0.1) is 25.6 Å². The van der Waals surface area contributed by atoms with Crippen molar-refractivity contribution in [2.45, 2.75) is 26.1 Å². The van der Waals surface area contributed by atoms with Crippen molar-refractivity contribution >= 4 is 17.7 Å². The van der Waals surface area contributed by atoms with Crippen LogP contribution in [0.1, 0.15) is 39.0 Å². The summed E-state index contributed by atoms with van der Waals surface area (Å²) in [7, 11) is 0. The minimum absolute atomic E-state index is 0.101. The molecule has 0 fully saturated rings. The van der Waals surface area contributed by atoms with Gasteiger partial charge in [0.2, 0.25) is 11.8 Å². The molecule has 1 atom stereocenters. The van der Waals surface area contributed by atoms with Crippen molar-refractivity contribution in [1.29, 1.82) is 0 Å². The average molecular weight is 486 g/mol. The first-order valence-electron chi connectivity index (χ1n) is 11.5. The van der Waals surface area contributed by atoms with Crippen molar-refractivity contribution in [2.24, 2.45) is 0 Å². The standard InChI is InChI=1S/C28H27N3O5/c1-20-11-13-21(14-12-20)19-31(25(32)18-30-27(33)24-10-6-16-36-24)26(22-7-3-2-4-8-22)28(34)29-17-23-9-5-15-35-23/h2-16,26H,17-19H2,1H3,(H,29,34)(H,30,33)/t26-/m1/s1. The Morgan fingerprint density at radius 3 is 2.22 bits per heavy atom. The highest BCUT2D eigenvalue weighted by Gasteiger charge is 2.31. The van der Waals surface area contributed by atoms with Crippen molar-refractivity contribution < 1.29 is 23.2 Å². The molecule has 8 nitrogen and oxygen atoms in total. The van der Waals surface area contributed by atoms with Crippen LogP contribution in [0.5, 0.6) is 0 Å². The largest absolute Gasteiger partial charge is 0.467 e. The van der Waals surface area contributed by atoms with Crippen LogP contribution in [0.15, 0.2) is 100 Å². The Hall–Kier alpha value is -4.59. The lowest BCUT2D eigenvalue weighted by molar-refractivity contribution is -0.141. The van der Waals surface area contributed by atoms with Crippen LogP contribution < -0.4 is 10.6 Å². The van der Waals surface area contributed by atoms with Crippen LogP contribution in [0.4, 0.5) is 0 Å². The summed E-state index contributed by atoms with van der Waals surface area (Å²) >= 11 is 0. The van der Waals surface area contributed by atoms with Gasteiger partial charge in [0.25, 0.3) is 5.91 Å². The predicted molar refractivity (Wildman–Crippen MR) is 133 cm³/mol. The van der Waals surface area contributed by atoms with E-state index in [4.69, 9.17) is 8.83 Å².